The molecule has 1 aromatic heterocycles. The Bertz CT molecular complexity index is 508. The minimum absolute atomic E-state index is 0.743. The van der Waals surface area contributed by atoms with Gasteiger partial charge in [-0.05, 0) is 47.0 Å². The summed E-state index contributed by atoms with van der Waals surface area (Å²) in [5, 5.41) is 1.78. The molecule has 3 heteroatoms. The van der Waals surface area contributed by atoms with Crippen molar-refractivity contribution >= 4 is 38.4 Å². The highest BCUT2D eigenvalue weighted by Gasteiger charge is 2.07. The monoisotopic (exact) mass is 269 g/mol. The SMILES string of the molecule is Cc1cc(C)c2c(Cl)c(Br)cnc2c1. The molecule has 1 heterocycles. The fourth-order valence-corrected chi connectivity index (χ4v) is 2.23. The number of fused-ring (bicyclic) bond motifs is 1. The second-order valence-corrected chi connectivity index (χ2v) is 4.63. The summed E-state index contributed by atoms with van der Waals surface area (Å²) in [5.41, 5.74) is 3.33. The molecular weight excluding hydrogens is 261 g/mol. The highest BCUT2D eigenvalue weighted by atomic mass is 79.9. The van der Waals surface area contributed by atoms with E-state index in [1.54, 1.807) is 6.20 Å². The molecule has 0 bridgehead atoms. The molecule has 14 heavy (non-hydrogen) atoms. The summed E-state index contributed by atoms with van der Waals surface area (Å²) in [4.78, 5) is 4.33. The van der Waals surface area contributed by atoms with Crippen molar-refractivity contribution in [2.75, 3.05) is 0 Å². The van der Waals surface area contributed by atoms with E-state index in [0.717, 1.165) is 20.4 Å². The molecule has 0 aliphatic carbocycles. The van der Waals surface area contributed by atoms with Gasteiger partial charge in [-0.15, -0.1) is 0 Å². The lowest BCUT2D eigenvalue weighted by molar-refractivity contribution is 1.34. The van der Waals surface area contributed by atoms with Crippen LogP contribution in [0.25, 0.3) is 10.9 Å². The zero-order chi connectivity index (χ0) is 10.3. The predicted octanol–water partition coefficient (Wildman–Crippen LogP) is 4.27. The summed E-state index contributed by atoms with van der Waals surface area (Å²) < 4.78 is 0.846. The van der Waals surface area contributed by atoms with Crippen LogP contribution in [0.2, 0.25) is 5.02 Å². The van der Waals surface area contributed by atoms with Gasteiger partial charge in [0.05, 0.1) is 15.0 Å². The molecule has 0 spiro atoms. The standard InChI is InChI=1S/C11H9BrClN/c1-6-3-7(2)10-9(4-6)14-5-8(12)11(10)13/h3-5H,1-2H3. The van der Waals surface area contributed by atoms with E-state index in [1.165, 1.54) is 11.1 Å². The minimum atomic E-state index is 0.743. The fourth-order valence-electron chi connectivity index (χ4n) is 1.63. The largest absolute Gasteiger partial charge is 0.255 e. The molecule has 2 rings (SSSR count). The number of benzene rings is 1. The number of nitrogens with zero attached hydrogens (tertiary/aromatic N) is 1. The molecule has 72 valence electrons. The van der Waals surface area contributed by atoms with Crippen molar-refractivity contribution in [3.05, 3.63) is 39.0 Å². The van der Waals surface area contributed by atoms with Crippen molar-refractivity contribution in [1.82, 2.24) is 4.98 Å². The maximum absolute atomic E-state index is 6.20. The molecule has 2 aromatic rings. The lowest BCUT2D eigenvalue weighted by atomic mass is 10.1. The maximum atomic E-state index is 6.20. The molecule has 0 saturated carbocycles. The number of aromatic nitrogens is 1. The zero-order valence-corrected chi connectivity index (χ0v) is 10.3. The van der Waals surface area contributed by atoms with Gasteiger partial charge in [0.15, 0.2) is 0 Å². The fraction of sp³-hybridized carbons (Fsp3) is 0.182. The Balaban J connectivity index is 2.95. The first-order valence-corrected chi connectivity index (χ1v) is 5.47. The number of hydrogen-bond donors (Lipinski definition) is 0. The highest BCUT2D eigenvalue weighted by molar-refractivity contribution is 9.10. The molecule has 0 saturated heterocycles. The summed E-state index contributed by atoms with van der Waals surface area (Å²) in [6, 6.07) is 4.16. The molecule has 0 N–H and O–H groups in total. The Kier molecular flexibility index (Phi) is 2.50. The van der Waals surface area contributed by atoms with Crippen LogP contribution < -0.4 is 0 Å². The third kappa shape index (κ3) is 1.53. The number of pyridine rings is 1. The van der Waals surface area contributed by atoms with E-state index in [2.05, 4.69) is 40.8 Å². The zero-order valence-electron chi connectivity index (χ0n) is 7.94. The van der Waals surface area contributed by atoms with E-state index in [4.69, 9.17) is 11.6 Å². The predicted molar refractivity (Wildman–Crippen MR) is 63.9 cm³/mol. The van der Waals surface area contributed by atoms with Gasteiger partial charge in [-0.25, -0.2) is 0 Å². The minimum Gasteiger partial charge on any atom is -0.255 e. The van der Waals surface area contributed by atoms with Gasteiger partial charge in [0.2, 0.25) is 0 Å². The van der Waals surface area contributed by atoms with Gasteiger partial charge in [0.1, 0.15) is 0 Å². The van der Waals surface area contributed by atoms with Gasteiger partial charge in [-0.2, -0.15) is 0 Å². The Morgan fingerprint density at radius 2 is 2.00 bits per heavy atom. The van der Waals surface area contributed by atoms with E-state index >= 15 is 0 Å². The molecular formula is C11H9BrClN. The third-order valence-corrected chi connectivity index (χ3v) is 3.43. The number of aryl methyl sites for hydroxylation is 2. The van der Waals surface area contributed by atoms with E-state index in [1.807, 2.05) is 6.07 Å². The van der Waals surface area contributed by atoms with E-state index in [-0.39, 0.29) is 0 Å². The van der Waals surface area contributed by atoms with Crippen molar-refractivity contribution in [1.29, 1.82) is 0 Å². The van der Waals surface area contributed by atoms with Gasteiger partial charge in [-0.1, -0.05) is 17.7 Å². The van der Waals surface area contributed by atoms with Crippen molar-refractivity contribution < 1.29 is 0 Å². The van der Waals surface area contributed by atoms with Crippen molar-refractivity contribution in [3.8, 4) is 0 Å². The third-order valence-electron chi connectivity index (χ3n) is 2.21. The Hall–Kier alpha value is -0.600. The van der Waals surface area contributed by atoms with E-state index in [9.17, 15) is 0 Å². The molecule has 0 amide bonds. The van der Waals surface area contributed by atoms with Crippen LogP contribution in [0.1, 0.15) is 11.1 Å². The number of rotatable bonds is 0. The van der Waals surface area contributed by atoms with Gasteiger partial charge in [0.25, 0.3) is 0 Å². The van der Waals surface area contributed by atoms with Crippen LogP contribution in [0.4, 0.5) is 0 Å². The number of halogens is 2. The molecule has 0 aliphatic rings. The molecule has 0 aliphatic heterocycles. The molecule has 0 radical (unpaired) electrons. The molecule has 0 atom stereocenters. The Labute approximate surface area is 96.2 Å². The average Bonchev–Trinajstić information content (AvgIpc) is 2.10. The van der Waals surface area contributed by atoms with Gasteiger partial charge in [0, 0.05) is 11.6 Å². The normalized spacial score (nSPS) is 10.9. The first-order valence-electron chi connectivity index (χ1n) is 4.30. The van der Waals surface area contributed by atoms with E-state index < -0.39 is 0 Å². The molecule has 1 aromatic carbocycles. The van der Waals surface area contributed by atoms with Crippen LogP contribution in [0, 0.1) is 13.8 Å². The van der Waals surface area contributed by atoms with Crippen LogP contribution >= 0.6 is 27.5 Å². The Morgan fingerprint density at radius 3 is 2.71 bits per heavy atom. The second-order valence-electron chi connectivity index (χ2n) is 3.40. The second kappa shape index (κ2) is 3.52. The first kappa shape index (κ1) is 9.94. The van der Waals surface area contributed by atoms with Crippen LogP contribution in [0.5, 0.6) is 0 Å². The van der Waals surface area contributed by atoms with Gasteiger partial charge in [-0.3, -0.25) is 4.98 Å². The topological polar surface area (TPSA) is 12.9 Å². The van der Waals surface area contributed by atoms with Crippen molar-refractivity contribution in [3.63, 3.8) is 0 Å². The first-order chi connectivity index (χ1) is 6.59. The summed E-state index contributed by atoms with van der Waals surface area (Å²) in [6.07, 6.45) is 1.74. The Morgan fingerprint density at radius 1 is 1.29 bits per heavy atom. The van der Waals surface area contributed by atoms with Crippen molar-refractivity contribution in [2.45, 2.75) is 13.8 Å². The van der Waals surface area contributed by atoms with Crippen LogP contribution in [-0.4, -0.2) is 4.98 Å². The summed E-state index contributed by atoms with van der Waals surface area (Å²) in [5.74, 6) is 0. The van der Waals surface area contributed by atoms with E-state index in [0.29, 0.717) is 0 Å². The quantitative estimate of drug-likeness (QED) is 0.697. The van der Waals surface area contributed by atoms with Crippen molar-refractivity contribution in [2.24, 2.45) is 0 Å². The molecule has 1 nitrogen and oxygen atoms in total. The lowest BCUT2D eigenvalue weighted by Crippen LogP contribution is -1.86. The molecule has 0 fully saturated rings. The van der Waals surface area contributed by atoms with Gasteiger partial charge >= 0.3 is 0 Å². The number of hydrogen-bond acceptors (Lipinski definition) is 1. The summed E-state index contributed by atoms with van der Waals surface area (Å²) in [7, 11) is 0. The highest BCUT2D eigenvalue weighted by Crippen LogP contribution is 2.32. The summed E-state index contributed by atoms with van der Waals surface area (Å²) in [6.45, 7) is 4.11. The van der Waals surface area contributed by atoms with Crippen LogP contribution in [0.3, 0.4) is 0 Å². The molecule has 0 unspecified atom stereocenters. The summed E-state index contributed by atoms with van der Waals surface area (Å²) >= 11 is 9.57. The maximum Gasteiger partial charge on any atom is 0.0723 e. The lowest BCUT2D eigenvalue weighted by Gasteiger charge is -2.06. The van der Waals surface area contributed by atoms with Crippen LogP contribution in [0.15, 0.2) is 22.8 Å². The van der Waals surface area contributed by atoms with Gasteiger partial charge < -0.3 is 0 Å². The van der Waals surface area contributed by atoms with Crippen LogP contribution in [-0.2, 0) is 0 Å². The average molecular weight is 271 g/mol. The smallest absolute Gasteiger partial charge is 0.0723 e.